The van der Waals surface area contributed by atoms with Crippen molar-refractivity contribution in [2.45, 2.75) is 84.0 Å². The highest BCUT2D eigenvalue weighted by molar-refractivity contribution is 5.21. The van der Waals surface area contributed by atoms with Crippen LogP contribution in [0, 0.1) is 0 Å². The van der Waals surface area contributed by atoms with E-state index in [0.717, 1.165) is 0 Å². The molecule has 0 spiro atoms. The van der Waals surface area contributed by atoms with Crippen LogP contribution in [0.25, 0.3) is 0 Å². The number of hydrogen-bond acceptors (Lipinski definition) is 0. The van der Waals surface area contributed by atoms with Gasteiger partial charge in [-0.1, -0.05) is 169 Å². The van der Waals surface area contributed by atoms with E-state index in [1.807, 2.05) is 54.7 Å². The fourth-order valence-electron chi connectivity index (χ4n) is 2.89. The predicted octanol–water partition coefficient (Wildman–Crippen LogP) is 9.77. The third-order valence-corrected chi connectivity index (χ3v) is 4.58. The minimum Gasteiger partial charge on any atom is -0.0991 e. The van der Waals surface area contributed by atoms with Crippen LogP contribution in [0.1, 0.15) is 84.0 Å². The second-order valence-electron chi connectivity index (χ2n) is 7.30. The lowest BCUT2D eigenvalue weighted by atomic mass is 10.1. The molecule has 0 aliphatic carbocycles. The van der Waals surface area contributed by atoms with Gasteiger partial charge >= 0.3 is 0 Å². The Hall–Kier alpha value is -2.08. The van der Waals surface area contributed by atoms with Gasteiger partial charge in [-0.3, -0.25) is 0 Å². The summed E-state index contributed by atoms with van der Waals surface area (Å²) in [5, 5.41) is 0. The first kappa shape index (κ1) is 26.9. The fourth-order valence-corrected chi connectivity index (χ4v) is 2.89. The standard InChI is InChI=1S/C29H44/c1-3-5-7-9-11-13-15-17-19-21-23-25-27-29-28-26-24-22-20-18-16-14-12-10-8-6-4-2/h3,5,7,9,11,13,15,17,19,21,23,25,27-29H,1,4,6,8,10,12,14,16,18,20,22,24,26H2,2H3/b7-5+,11-9+,15-13+,19-17+,23-21+,27-25+,29-28+. The third-order valence-electron chi connectivity index (χ3n) is 4.58. The van der Waals surface area contributed by atoms with Gasteiger partial charge in [0.25, 0.3) is 0 Å². The summed E-state index contributed by atoms with van der Waals surface area (Å²) in [5.41, 5.74) is 0. The zero-order valence-electron chi connectivity index (χ0n) is 18.9. The third kappa shape index (κ3) is 25.9. The van der Waals surface area contributed by atoms with Crippen LogP contribution in [-0.2, 0) is 0 Å². The first-order valence-corrected chi connectivity index (χ1v) is 11.7. The minimum atomic E-state index is 1.20. The topological polar surface area (TPSA) is 0 Å². The summed E-state index contributed by atoms with van der Waals surface area (Å²) in [6.45, 7) is 5.91. The molecule has 0 aliphatic rings. The Morgan fingerprint density at radius 2 is 0.759 bits per heavy atom. The van der Waals surface area contributed by atoms with E-state index in [0.29, 0.717) is 0 Å². The van der Waals surface area contributed by atoms with Crippen molar-refractivity contribution in [1.29, 1.82) is 0 Å². The minimum absolute atomic E-state index is 1.20. The quantitative estimate of drug-likeness (QED) is 0.151. The van der Waals surface area contributed by atoms with E-state index in [2.05, 4.69) is 43.9 Å². The van der Waals surface area contributed by atoms with Gasteiger partial charge in [0.2, 0.25) is 0 Å². The molecule has 0 saturated carbocycles. The lowest BCUT2D eigenvalue weighted by Gasteiger charge is -2.01. The molecule has 160 valence electrons. The maximum Gasteiger partial charge on any atom is -0.0348 e. The van der Waals surface area contributed by atoms with Gasteiger partial charge in [-0.05, 0) is 12.8 Å². The van der Waals surface area contributed by atoms with Gasteiger partial charge in [-0.25, -0.2) is 0 Å². The number of unbranched alkanes of at least 4 members (excludes halogenated alkanes) is 11. The van der Waals surface area contributed by atoms with Crippen LogP contribution in [0.3, 0.4) is 0 Å². The molecule has 0 rings (SSSR count). The van der Waals surface area contributed by atoms with Gasteiger partial charge in [0.1, 0.15) is 0 Å². The summed E-state index contributed by atoms with van der Waals surface area (Å²) in [6, 6.07) is 0. The van der Waals surface area contributed by atoms with Crippen LogP contribution < -0.4 is 0 Å². The highest BCUT2D eigenvalue weighted by Gasteiger charge is 1.92. The molecule has 0 heterocycles. The molecule has 0 fully saturated rings. The molecule has 0 aromatic heterocycles. The summed E-state index contributed by atoms with van der Waals surface area (Å²) in [4.78, 5) is 0. The van der Waals surface area contributed by atoms with Gasteiger partial charge < -0.3 is 0 Å². The molecule has 0 N–H and O–H groups in total. The molecule has 0 aromatic rings. The molecule has 0 aliphatic heterocycles. The van der Waals surface area contributed by atoms with Gasteiger partial charge in [0.05, 0.1) is 0 Å². The average Bonchev–Trinajstić information content (AvgIpc) is 2.74. The maximum atomic E-state index is 3.62. The lowest BCUT2D eigenvalue weighted by Crippen LogP contribution is -1.81. The molecule has 0 amide bonds. The molecule has 0 atom stereocenters. The van der Waals surface area contributed by atoms with Crippen molar-refractivity contribution in [2.75, 3.05) is 0 Å². The summed E-state index contributed by atoms with van der Waals surface area (Å²) in [5.74, 6) is 0. The van der Waals surface area contributed by atoms with Crippen molar-refractivity contribution in [3.63, 3.8) is 0 Å². The molecule has 0 radical (unpaired) electrons. The molecule has 0 nitrogen and oxygen atoms in total. The summed E-state index contributed by atoms with van der Waals surface area (Å²) >= 11 is 0. The first-order valence-electron chi connectivity index (χ1n) is 11.7. The zero-order valence-corrected chi connectivity index (χ0v) is 18.9. The van der Waals surface area contributed by atoms with Gasteiger partial charge in [-0.2, -0.15) is 0 Å². The lowest BCUT2D eigenvalue weighted by molar-refractivity contribution is 0.550. The van der Waals surface area contributed by atoms with E-state index in [9.17, 15) is 0 Å². The highest BCUT2D eigenvalue weighted by atomic mass is 14.0. The number of hydrogen-bond donors (Lipinski definition) is 0. The fraction of sp³-hybridized carbons (Fsp3) is 0.448. The largest absolute Gasteiger partial charge is 0.0991 e. The monoisotopic (exact) mass is 392 g/mol. The van der Waals surface area contributed by atoms with Crippen molar-refractivity contribution in [3.05, 3.63) is 97.7 Å². The van der Waals surface area contributed by atoms with Crippen LogP contribution in [0.2, 0.25) is 0 Å². The molecule has 29 heavy (non-hydrogen) atoms. The highest BCUT2D eigenvalue weighted by Crippen LogP contribution is 2.11. The Kier molecular flexibility index (Phi) is 24.1. The van der Waals surface area contributed by atoms with Crippen molar-refractivity contribution < 1.29 is 0 Å². The van der Waals surface area contributed by atoms with E-state index in [-0.39, 0.29) is 0 Å². The van der Waals surface area contributed by atoms with Crippen LogP contribution in [0.4, 0.5) is 0 Å². The van der Waals surface area contributed by atoms with E-state index in [1.54, 1.807) is 6.08 Å². The molecule has 0 aromatic carbocycles. The Morgan fingerprint density at radius 3 is 1.17 bits per heavy atom. The van der Waals surface area contributed by atoms with Gasteiger partial charge in [-0.15, -0.1) is 0 Å². The summed E-state index contributed by atoms with van der Waals surface area (Å²) in [7, 11) is 0. The van der Waals surface area contributed by atoms with Crippen LogP contribution in [0.5, 0.6) is 0 Å². The summed E-state index contributed by atoms with van der Waals surface area (Å²) < 4.78 is 0. The van der Waals surface area contributed by atoms with E-state index >= 15 is 0 Å². The molecular weight excluding hydrogens is 348 g/mol. The summed E-state index contributed by atoms with van der Waals surface area (Å²) in [6.07, 6.45) is 47.1. The van der Waals surface area contributed by atoms with Crippen LogP contribution >= 0.6 is 0 Å². The number of rotatable bonds is 19. The Morgan fingerprint density at radius 1 is 0.414 bits per heavy atom. The molecule has 0 unspecified atom stereocenters. The van der Waals surface area contributed by atoms with E-state index < -0.39 is 0 Å². The molecule has 0 bridgehead atoms. The van der Waals surface area contributed by atoms with Crippen LogP contribution in [-0.4, -0.2) is 0 Å². The Balaban J connectivity index is 3.48. The van der Waals surface area contributed by atoms with Crippen LogP contribution in [0.15, 0.2) is 97.7 Å². The first-order chi connectivity index (χ1) is 14.4. The SMILES string of the molecule is C=C/C=C/C=C/C=C/C=C/C=C/C=C/C=C/CCCCCCCCCCCCC. The number of allylic oxidation sites excluding steroid dienone is 15. The molecule has 0 saturated heterocycles. The van der Waals surface area contributed by atoms with Crippen molar-refractivity contribution >= 4 is 0 Å². The Bertz CT molecular complexity index is 534. The normalized spacial score (nSPS) is 13.1. The van der Waals surface area contributed by atoms with Crippen molar-refractivity contribution in [1.82, 2.24) is 0 Å². The second kappa shape index (κ2) is 25.9. The maximum absolute atomic E-state index is 3.62. The van der Waals surface area contributed by atoms with Gasteiger partial charge in [0.15, 0.2) is 0 Å². The Labute approximate surface area is 181 Å². The molecule has 0 heteroatoms. The van der Waals surface area contributed by atoms with Gasteiger partial charge in [0, 0.05) is 0 Å². The van der Waals surface area contributed by atoms with Crippen molar-refractivity contribution in [3.8, 4) is 0 Å². The average molecular weight is 393 g/mol. The second-order valence-corrected chi connectivity index (χ2v) is 7.30. The van der Waals surface area contributed by atoms with Crippen molar-refractivity contribution in [2.24, 2.45) is 0 Å². The van der Waals surface area contributed by atoms with E-state index in [1.165, 1.54) is 77.0 Å². The smallest absolute Gasteiger partial charge is 0.0348 e. The predicted molar refractivity (Wildman–Crippen MR) is 135 cm³/mol. The molecular formula is C29H44. The van der Waals surface area contributed by atoms with E-state index in [4.69, 9.17) is 0 Å². The zero-order chi connectivity index (χ0) is 21.1.